The van der Waals surface area contributed by atoms with Crippen LogP contribution in [0.25, 0.3) is 44.2 Å². The van der Waals surface area contributed by atoms with Crippen LogP contribution in [0, 0.1) is 0 Å². The standard InChI is InChI=1S/C19H13N3O3/c1-24-11-6-7-13-12(9-11)16-18(20-13)17(21-22-19(16)23)15-8-10-4-2-3-5-14(10)25-15/h2-9,20H,1H3,(H,22,23). The first-order valence-electron chi connectivity index (χ1n) is 7.81. The van der Waals surface area contributed by atoms with Crippen LogP contribution in [0.4, 0.5) is 0 Å². The molecule has 3 heterocycles. The molecule has 0 fully saturated rings. The highest BCUT2D eigenvalue weighted by molar-refractivity contribution is 6.10. The zero-order valence-corrected chi connectivity index (χ0v) is 13.3. The quantitative estimate of drug-likeness (QED) is 0.515. The third-order valence-corrected chi connectivity index (χ3v) is 4.40. The van der Waals surface area contributed by atoms with E-state index in [0.29, 0.717) is 28.1 Å². The van der Waals surface area contributed by atoms with Crippen molar-refractivity contribution in [2.75, 3.05) is 7.11 Å². The predicted molar refractivity (Wildman–Crippen MR) is 96.0 cm³/mol. The fourth-order valence-corrected chi connectivity index (χ4v) is 3.21. The van der Waals surface area contributed by atoms with Gasteiger partial charge in [-0.25, -0.2) is 5.10 Å². The summed E-state index contributed by atoms with van der Waals surface area (Å²) in [7, 11) is 1.60. The number of rotatable bonds is 2. The Bertz CT molecular complexity index is 1280. The molecule has 0 aliphatic rings. The fraction of sp³-hybridized carbons (Fsp3) is 0.0526. The highest BCUT2D eigenvalue weighted by Gasteiger charge is 2.17. The van der Waals surface area contributed by atoms with Crippen LogP contribution in [0.15, 0.2) is 57.7 Å². The molecule has 25 heavy (non-hydrogen) atoms. The van der Waals surface area contributed by atoms with Gasteiger partial charge in [0.15, 0.2) is 11.5 Å². The summed E-state index contributed by atoms with van der Waals surface area (Å²) in [5.41, 5.74) is 2.57. The minimum absolute atomic E-state index is 0.255. The summed E-state index contributed by atoms with van der Waals surface area (Å²) in [5.74, 6) is 1.29. The molecule has 0 aliphatic carbocycles. The Labute approximate surface area is 141 Å². The highest BCUT2D eigenvalue weighted by Crippen LogP contribution is 2.33. The van der Waals surface area contributed by atoms with Crippen molar-refractivity contribution in [1.82, 2.24) is 15.2 Å². The van der Waals surface area contributed by atoms with E-state index in [1.807, 2.05) is 48.5 Å². The lowest BCUT2D eigenvalue weighted by Crippen LogP contribution is -2.08. The lowest BCUT2D eigenvalue weighted by atomic mass is 10.1. The van der Waals surface area contributed by atoms with Crippen molar-refractivity contribution >= 4 is 32.8 Å². The number of ether oxygens (including phenoxy) is 1. The summed E-state index contributed by atoms with van der Waals surface area (Å²) < 4.78 is 11.2. The Hall–Kier alpha value is -3.54. The molecule has 0 amide bonds. The number of para-hydroxylation sites is 1. The van der Waals surface area contributed by atoms with Gasteiger partial charge in [0.05, 0.1) is 18.0 Å². The first-order chi connectivity index (χ1) is 12.2. The average Bonchev–Trinajstić information content (AvgIpc) is 3.23. The van der Waals surface area contributed by atoms with E-state index in [1.165, 1.54) is 0 Å². The zero-order valence-electron chi connectivity index (χ0n) is 13.3. The van der Waals surface area contributed by atoms with Crippen LogP contribution in [-0.2, 0) is 0 Å². The SMILES string of the molecule is COc1ccc2[nH]c3c(-c4cc5ccccc5o4)n[nH]c(=O)c3c2c1. The third kappa shape index (κ3) is 1.97. The van der Waals surface area contributed by atoms with Crippen molar-refractivity contribution in [3.63, 3.8) is 0 Å². The molecule has 2 N–H and O–H groups in total. The Balaban J connectivity index is 1.87. The monoisotopic (exact) mass is 331 g/mol. The van der Waals surface area contributed by atoms with Gasteiger partial charge >= 0.3 is 0 Å². The third-order valence-electron chi connectivity index (χ3n) is 4.40. The maximum Gasteiger partial charge on any atom is 0.274 e. The van der Waals surface area contributed by atoms with Gasteiger partial charge in [-0.3, -0.25) is 4.79 Å². The summed E-state index contributed by atoms with van der Waals surface area (Å²) in [4.78, 5) is 15.7. The molecule has 0 unspecified atom stereocenters. The smallest absolute Gasteiger partial charge is 0.274 e. The van der Waals surface area contributed by atoms with Crippen LogP contribution in [0.3, 0.4) is 0 Å². The molecule has 0 spiro atoms. The van der Waals surface area contributed by atoms with E-state index in [9.17, 15) is 4.79 Å². The van der Waals surface area contributed by atoms with Gasteiger partial charge in [0, 0.05) is 16.3 Å². The Morgan fingerprint density at radius 1 is 1.12 bits per heavy atom. The fourth-order valence-electron chi connectivity index (χ4n) is 3.21. The Morgan fingerprint density at radius 3 is 2.84 bits per heavy atom. The van der Waals surface area contributed by atoms with Gasteiger partial charge in [0.1, 0.15) is 11.3 Å². The van der Waals surface area contributed by atoms with Crippen LogP contribution < -0.4 is 10.3 Å². The maximum absolute atomic E-state index is 12.4. The van der Waals surface area contributed by atoms with Crippen molar-refractivity contribution in [3.8, 4) is 17.2 Å². The van der Waals surface area contributed by atoms with E-state index < -0.39 is 0 Å². The van der Waals surface area contributed by atoms with Crippen molar-refractivity contribution < 1.29 is 9.15 Å². The minimum atomic E-state index is -0.255. The second-order valence-electron chi connectivity index (χ2n) is 5.84. The predicted octanol–water partition coefficient (Wildman–Crippen LogP) is 3.83. The number of nitrogens with zero attached hydrogens (tertiary/aromatic N) is 1. The van der Waals surface area contributed by atoms with Crippen LogP contribution in [0.5, 0.6) is 5.75 Å². The molecule has 0 saturated carbocycles. The summed E-state index contributed by atoms with van der Waals surface area (Å²) in [6, 6.07) is 15.2. The number of hydrogen-bond donors (Lipinski definition) is 2. The molecular formula is C19H13N3O3. The molecule has 2 aromatic carbocycles. The van der Waals surface area contributed by atoms with Gasteiger partial charge in [0.2, 0.25) is 0 Å². The second-order valence-corrected chi connectivity index (χ2v) is 5.84. The van der Waals surface area contributed by atoms with Gasteiger partial charge < -0.3 is 14.1 Å². The van der Waals surface area contributed by atoms with E-state index in [1.54, 1.807) is 7.11 Å². The molecule has 5 aromatic rings. The van der Waals surface area contributed by atoms with E-state index in [-0.39, 0.29) is 5.56 Å². The minimum Gasteiger partial charge on any atom is -0.497 e. The first-order valence-corrected chi connectivity index (χ1v) is 7.81. The Morgan fingerprint density at radius 2 is 2.00 bits per heavy atom. The van der Waals surface area contributed by atoms with E-state index in [0.717, 1.165) is 21.9 Å². The summed E-state index contributed by atoms with van der Waals surface area (Å²) in [5, 5.41) is 9.10. The van der Waals surface area contributed by atoms with Gasteiger partial charge in [-0.05, 0) is 30.3 Å². The van der Waals surface area contributed by atoms with Crippen LogP contribution in [0.1, 0.15) is 0 Å². The number of aromatic nitrogens is 3. The first kappa shape index (κ1) is 13.9. The van der Waals surface area contributed by atoms with Crippen molar-refractivity contribution in [3.05, 3.63) is 58.9 Å². The van der Waals surface area contributed by atoms with Crippen LogP contribution in [0.2, 0.25) is 0 Å². The summed E-state index contributed by atoms with van der Waals surface area (Å²) in [6.45, 7) is 0. The molecule has 0 bridgehead atoms. The van der Waals surface area contributed by atoms with E-state index in [4.69, 9.17) is 9.15 Å². The largest absolute Gasteiger partial charge is 0.497 e. The van der Waals surface area contributed by atoms with Crippen molar-refractivity contribution in [2.45, 2.75) is 0 Å². The number of furan rings is 1. The number of aromatic amines is 2. The van der Waals surface area contributed by atoms with Gasteiger partial charge in [-0.1, -0.05) is 18.2 Å². The second kappa shape index (κ2) is 4.98. The summed E-state index contributed by atoms with van der Waals surface area (Å²) in [6.07, 6.45) is 0. The molecule has 0 atom stereocenters. The van der Waals surface area contributed by atoms with E-state index in [2.05, 4.69) is 15.2 Å². The topological polar surface area (TPSA) is 83.9 Å². The number of fused-ring (bicyclic) bond motifs is 4. The van der Waals surface area contributed by atoms with Gasteiger partial charge in [0.25, 0.3) is 5.56 Å². The number of methoxy groups -OCH3 is 1. The maximum atomic E-state index is 12.4. The van der Waals surface area contributed by atoms with Gasteiger partial charge in [-0.15, -0.1) is 0 Å². The van der Waals surface area contributed by atoms with Crippen LogP contribution >= 0.6 is 0 Å². The molecular weight excluding hydrogens is 318 g/mol. The molecule has 0 saturated heterocycles. The van der Waals surface area contributed by atoms with Crippen molar-refractivity contribution in [1.29, 1.82) is 0 Å². The number of H-pyrrole nitrogens is 2. The summed E-state index contributed by atoms with van der Waals surface area (Å²) >= 11 is 0. The molecule has 6 heteroatoms. The average molecular weight is 331 g/mol. The molecule has 122 valence electrons. The zero-order chi connectivity index (χ0) is 17.0. The number of nitrogens with one attached hydrogen (secondary N) is 2. The lowest BCUT2D eigenvalue weighted by molar-refractivity contribution is 0.415. The Kier molecular flexibility index (Phi) is 2.76. The normalized spacial score (nSPS) is 11.6. The molecule has 5 rings (SSSR count). The molecule has 0 aliphatic heterocycles. The van der Waals surface area contributed by atoms with Crippen molar-refractivity contribution in [2.24, 2.45) is 0 Å². The van der Waals surface area contributed by atoms with Crippen LogP contribution in [-0.4, -0.2) is 22.3 Å². The molecule has 6 nitrogen and oxygen atoms in total. The number of benzene rings is 2. The number of hydrogen-bond acceptors (Lipinski definition) is 4. The highest BCUT2D eigenvalue weighted by atomic mass is 16.5. The van der Waals surface area contributed by atoms with Gasteiger partial charge in [-0.2, -0.15) is 5.10 Å². The molecule has 3 aromatic heterocycles. The molecule has 0 radical (unpaired) electrons. The van der Waals surface area contributed by atoms with E-state index >= 15 is 0 Å². The lowest BCUT2D eigenvalue weighted by Gasteiger charge is -1.99.